The second-order valence-corrected chi connectivity index (χ2v) is 6.64. The summed E-state index contributed by atoms with van der Waals surface area (Å²) in [4.78, 5) is 15.3. The number of amides is 1. The van der Waals surface area contributed by atoms with E-state index in [-0.39, 0.29) is 18.3 Å². The number of benzene rings is 1. The first-order valence-corrected chi connectivity index (χ1v) is 8.77. The summed E-state index contributed by atoms with van der Waals surface area (Å²) < 4.78 is 0. The first-order valence-electron chi connectivity index (χ1n) is 8.77. The van der Waals surface area contributed by atoms with Crippen LogP contribution in [0.4, 0.5) is 0 Å². The molecule has 1 fully saturated rings. The van der Waals surface area contributed by atoms with E-state index in [0.29, 0.717) is 13.0 Å². The average molecular weight is 350 g/mol. The van der Waals surface area contributed by atoms with Crippen molar-refractivity contribution in [3.05, 3.63) is 35.5 Å². The van der Waals surface area contributed by atoms with Gasteiger partial charge in [0.1, 0.15) is 0 Å². The minimum Gasteiger partial charge on any atom is -0.361 e. The monoisotopic (exact) mass is 349 g/mol. The molecule has 1 amide bonds. The Balaban J connectivity index is 0.00000208. The highest BCUT2D eigenvalue weighted by atomic mass is 35.5. The van der Waals surface area contributed by atoms with Crippen molar-refractivity contribution in [2.75, 3.05) is 19.6 Å². The van der Waals surface area contributed by atoms with E-state index in [9.17, 15) is 4.79 Å². The van der Waals surface area contributed by atoms with Crippen molar-refractivity contribution in [3.8, 4) is 0 Å². The summed E-state index contributed by atoms with van der Waals surface area (Å²) >= 11 is 0. The van der Waals surface area contributed by atoms with E-state index in [2.05, 4.69) is 46.9 Å². The zero-order chi connectivity index (χ0) is 16.1. The number of hydrogen-bond donors (Lipinski definition) is 3. The highest BCUT2D eigenvalue weighted by Gasteiger charge is 2.14. The zero-order valence-corrected chi connectivity index (χ0v) is 15.2. The van der Waals surface area contributed by atoms with Gasteiger partial charge in [-0.05, 0) is 68.8 Å². The standard InChI is InChI=1S/C19H27N3O.ClH/c1-14-3-2-4-17-19(14)16(13-22-17)9-12-21-18(23)6-5-15-7-10-20-11-8-15;/h2-4,13,15,20,22H,5-12H2,1H3,(H,21,23);1H. The lowest BCUT2D eigenvalue weighted by atomic mass is 9.93. The van der Waals surface area contributed by atoms with E-state index < -0.39 is 0 Å². The van der Waals surface area contributed by atoms with Gasteiger partial charge in [-0.3, -0.25) is 4.79 Å². The number of carbonyl (C=O) groups is 1. The number of rotatable bonds is 6. The molecular formula is C19H28ClN3O. The van der Waals surface area contributed by atoms with Crippen molar-refractivity contribution in [1.29, 1.82) is 0 Å². The van der Waals surface area contributed by atoms with Gasteiger partial charge in [0.15, 0.2) is 0 Å². The number of aryl methyl sites for hydroxylation is 1. The van der Waals surface area contributed by atoms with E-state index in [1.54, 1.807) is 0 Å². The molecule has 0 aliphatic carbocycles. The van der Waals surface area contributed by atoms with Crippen LogP contribution in [0.25, 0.3) is 10.9 Å². The number of H-pyrrole nitrogens is 1. The van der Waals surface area contributed by atoms with Crippen LogP contribution >= 0.6 is 12.4 Å². The van der Waals surface area contributed by atoms with Crippen LogP contribution in [0.2, 0.25) is 0 Å². The van der Waals surface area contributed by atoms with Gasteiger partial charge >= 0.3 is 0 Å². The summed E-state index contributed by atoms with van der Waals surface area (Å²) in [5.41, 5.74) is 3.75. The summed E-state index contributed by atoms with van der Waals surface area (Å²) in [6.45, 7) is 5.06. The molecular weight excluding hydrogens is 322 g/mol. The van der Waals surface area contributed by atoms with Crippen molar-refractivity contribution in [3.63, 3.8) is 0 Å². The Bertz CT molecular complexity index is 662. The molecule has 1 aromatic carbocycles. The summed E-state index contributed by atoms with van der Waals surface area (Å²) in [6.07, 6.45) is 7.06. The Morgan fingerprint density at radius 3 is 2.88 bits per heavy atom. The van der Waals surface area contributed by atoms with Crippen LogP contribution in [0.5, 0.6) is 0 Å². The quantitative estimate of drug-likeness (QED) is 0.749. The number of carbonyl (C=O) groups excluding carboxylic acids is 1. The van der Waals surface area contributed by atoms with Crippen molar-refractivity contribution >= 4 is 29.2 Å². The van der Waals surface area contributed by atoms with E-state index in [1.165, 1.54) is 34.9 Å². The SMILES string of the molecule is Cc1cccc2[nH]cc(CCNC(=O)CCC3CCNCC3)c12.Cl. The Morgan fingerprint density at radius 1 is 1.29 bits per heavy atom. The fourth-order valence-electron chi connectivity index (χ4n) is 3.58. The maximum atomic E-state index is 12.0. The Hall–Kier alpha value is -1.52. The summed E-state index contributed by atoms with van der Waals surface area (Å²) in [6, 6.07) is 6.31. The van der Waals surface area contributed by atoms with Gasteiger partial charge in [-0.2, -0.15) is 0 Å². The fraction of sp³-hybridized carbons (Fsp3) is 0.526. The minimum atomic E-state index is 0. The maximum absolute atomic E-state index is 12.0. The molecule has 3 rings (SSSR count). The number of hydrogen-bond acceptors (Lipinski definition) is 2. The third kappa shape index (κ3) is 4.74. The van der Waals surface area contributed by atoms with Crippen LogP contribution in [-0.4, -0.2) is 30.5 Å². The number of piperidine rings is 1. The highest BCUT2D eigenvalue weighted by molar-refractivity contribution is 5.86. The van der Waals surface area contributed by atoms with Gasteiger partial charge in [-0.15, -0.1) is 12.4 Å². The molecule has 1 aliphatic heterocycles. The lowest BCUT2D eigenvalue weighted by molar-refractivity contribution is -0.121. The molecule has 132 valence electrons. The van der Waals surface area contributed by atoms with E-state index in [0.717, 1.165) is 31.8 Å². The lowest BCUT2D eigenvalue weighted by Crippen LogP contribution is -2.30. The molecule has 24 heavy (non-hydrogen) atoms. The smallest absolute Gasteiger partial charge is 0.220 e. The van der Waals surface area contributed by atoms with Crippen LogP contribution < -0.4 is 10.6 Å². The number of halogens is 1. The van der Waals surface area contributed by atoms with Gasteiger partial charge in [0.05, 0.1) is 0 Å². The Labute approximate surface area is 150 Å². The summed E-state index contributed by atoms with van der Waals surface area (Å²) in [7, 11) is 0. The number of aromatic nitrogens is 1. The predicted octanol–water partition coefficient (Wildman–Crippen LogP) is 3.34. The highest BCUT2D eigenvalue weighted by Crippen LogP contribution is 2.22. The van der Waals surface area contributed by atoms with Gasteiger partial charge < -0.3 is 15.6 Å². The van der Waals surface area contributed by atoms with Crippen LogP contribution in [0.1, 0.15) is 36.8 Å². The molecule has 0 atom stereocenters. The summed E-state index contributed by atoms with van der Waals surface area (Å²) in [5.74, 6) is 0.915. The second-order valence-electron chi connectivity index (χ2n) is 6.64. The molecule has 0 unspecified atom stereocenters. The summed E-state index contributed by atoms with van der Waals surface area (Å²) in [5, 5.41) is 7.75. The third-order valence-electron chi connectivity index (χ3n) is 4.95. The molecule has 4 nitrogen and oxygen atoms in total. The lowest BCUT2D eigenvalue weighted by Gasteiger charge is -2.22. The van der Waals surface area contributed by atoms with Gasteiger partial charge in [0, 0.05) is 30.1 Å². The molecule has 1 saturated heterocycles. The number of aromatic amines is 1. The first-order chi connectivity index (χ1) is 11.2. The van der Waals surface area contributed by atoms with Gasteiger partial charge in [0.25, 0.3) is 0 Å². The molecule has 0 spiro atoms. The van der Waals surface area contributed by atoms with Crippen LogP contribution in [0, 0.1) is 12.8 Å². The van der Waals surface area contributed by atoms with Crippen LogP contribution in [-0.2, 0) is 11.2 Å². The van der Waals surface area contributed by atoms with Crippen molar-refractivity contribution in [2.45, 2.75) is 39.0 Å². The van der Waals surface area contributed by atoms with Gasteiger partial charge in [-0.25, -0.2) is 0 Å². The second kappa shape index (κ2) is 9.09. The largest absolute Gasteiger partial charge is 0.361 e. The normalized spacial score (nSPS) is 15.2. The van der Waals surface area contributed by atoms with E-state index in [1.807, 2.05) is 0 Å². The molecule has 2 aromatic rings. The van der Waals surface area contributed by atoms with Gasteiger partial charge in [0.2, 0.25) is 5.91 Å². The molecule has 0 saturated carbocycles. The molecule has 0 radical (unpaired) electrons. The molecule has 2 heterocycles. The third-order valence-corrected chi connectivity index (χ3v) is 4.95. The van der Waals surface area contributed by atoms with Gasteiger partial charge in [-0.1, -0.05) is 12.1 Å². The Morgan fingerprint density at radius 2 is 2.08 bits per heavy atom. The van der Waals surface area contributed by atoms with Crippen molar-refractivity contribution < 1.29 is 4.79 Å². The molecule has 5 heteroatoms. The molecule has 0 bridgehead atoms. The molecule has 1 aliphatic rings. The number of nitrogens with one attached hydrogen (secondary N) is 3. The van der Waals surface area contributed by atoms with E-state index >= 15 is 0 Å². The molecule has 1 aromatic heterocycles. The predicted molar refractivity (Wildman–Crippen MR) is 102 cm³/mol. The molecule has 3 N–H and O–H groups in total. The first kappa shape index (κ1) is 18.8. The Kier molecular flexibility index (Phi) is 7.13. The number of fused-ring (bicyclic) bond motifs is 1. The van der Waals surface area contributed by atoms with Crippen LogP contribution in [0.15, 0.2) is 24.4 Å². The average Bonchev–Trinajstić information content (AvgIpc) is 2.99. The zero-order valence-electron chi connectivity index (χ0n) is 14.4. The maximum Gasteiger partial charge on any atom is 0.220 e. The minimum absolute atomic E-state index is 0. The fourth-order valence-corrected chi connectivity index (χ4v) is 3.58. The van der Waals surface area contributed by atoms with Crippen molar-refractivity contribution in [2.24, 2.45) is 5.92 Å². The van der Waals surface area contributed by atoms with Crippen molar-refractivity contribution in [1.82, 2.24) is 15.6 Å². The van der Waals surface area contributed by atoms with Crippen LogP contribution in [0.3, 0.4) is 0 Å². The van der Waals surface area contributed by atoms with E-state index in [4.69, 9.17) is 0 Å². The topological polar surface area (TPSA) is 56.9 Å².